The molecule has 0 fully saturated rings. The van der Waals surface area contributed by atoms with Crippen LogP contribution in [0.1, 0.15) is 15.9 Å². The van der Waals surface area contributed by atoms with Gasteiger partial charge in [0, 0.05) is 17.0 Å². The molecule has 82 valence electrons. The molecule has 0 bridgehead atoms. The lowest BCUT2D eigenvalue weighted by Gasteiger charge is -2.02. The van der Waals surface area contributed by atoms with Crippen LogP contribution < -0.4 is 5.73 Å². The molecule has 0 saturated carbocycles. The minimum atomic E-state index is -0.713. The lowest BCUT2D eigenvalue weighted by atomic mass is 10.00. The Bertz CT molecular complexity index is 663. The maximum absolute atomic E-state index is 10.9. The van der Waals surface area contributed by atoms with Crippen molar-refractivity contribution in [2.75, 3.05) is 0 Å². The molecule has 0 aliphatic rings. The molecule has 0 aliphatic heterocycles. The molecule has 17 heavy (non-hydrogen) atoms. The van der Waals surface area contributed by atoms with Crippen LogP contribution >= 0.6 is 0 Å². The van der Waals surface area contributed by atoms with Crippen molar-refractivity contribution in [3.8, 4) is 11.8 Å². The number of benzene rings is 2. The maximum atomic E-state index is 10.9. The fourth-order valence-electron chi connectivity index (χ4n) is 1.65. The average molecular weight is 223 g/mol. The van der Waals surface area contributed by atoms with Gasteiger partial charge < -0.3 is 5.73 Å². The molecule has 0 aromatic heterocycles. The largest absolute Gasteiger partial charge is 0.359 e. The van der Waals surface area contributed by atoms with Crippen molar-refractivity contribution in [2.45, 2.75) is 0 Å². The fraction of sp³-hybridized carbons (Fsp3) is 0. The van der Waals surface area contributed by atoms with Crippen molar-refractivity contribution in [1.82, 2.24) is 0 Å². The van der Waals surface area contributed by atoms with Crippen LogP contribution in [0.25, 0.3) is 10.8 Å². The van der Waals surface area contributed by atoms with E-state index in [0.717, 1.165) is 17.1 Å². The highest BCUT2D eigenvalue weighted by molar-refractivity contribution is 5.98. The van der Waals surface area contributed by atoms with Crippen LogP contribution in [0.4, 0.5) is 0 Å². The van der Waals surface area contributed by atoms with Gasteiger partial charge in [-0.25, -0.2) is 0 Å². The highest BCUT2D eigenvalue weighted by atomic mass is 16.1. The van der Waals surface area contributed by atoms with E-state index >= 15 is 0 Å². The van der Waals surface area contributed by atoms with Crippen molar-refractivity contribution >= 4 is 23.0 Å². The summed E-state index contributed by atoms with van der Waals surface area (Å²) in [6.45, 7) is 0. The van der Waals surface area contributed by atoms with Crippen LogP contribution in [0.5, 0.6) is 0 Å². The molecule has 0 heterocycles. The second-order valence-electron chi connectivity index (χ2n) is 3.48. The molecule has 3 nitrogen and oxygen atoms in total. The zero-order valence-corrected chi connectivity index (χ0v) is 8.94. The zero-order chi connectivity index (χ0) is 12.3. The molecule has 2 rings (SSSR count). The molecule has 0 saturated heterocycles. The Labute approximate surface area is 98.2 Å². The molecule has 1 amide bonds. The van der Waals surface area contributed by atoms with Crippen LogP contribution in [0.3, 0.4) is 0 Å². The third-order valence-electron chi connectivity index (χ3n) is 2.40. The van der Waals surface area contributed by atoms with Crippen LogP contribution in [0, 0.1) is 11.8 Å². The third-order valence-corrected chi connectivity index (χ3v) is 2.40. The number of nitrogens with two attached hydrogens (primary N) is 1. The standard InChI is InChI=1S/C14H9NO2/c15-14(17)8-7-13-11(9-16)6-5-10-3-1-2-4-12(10)13/h1-6,9H,(H2,15,17). The first-order valence-electron chi connectivity index (χ1n) is 5.01. The Morgan fingerprint density at radius 2 is 1.94 bits per heavy atom. The van der Waals surface area contributed by atoms with E-state index in [2.05, 4.69) is 11.8 Å². The molecule has 0 aliphatic carbocycles. The number of rotatable bonds is 1. The van der Waals surface area contributed by atoms with Crippen molar-refractivity contribution < 1.29 is 9.59 Å². The smallest absolute Gasteiger partial charge is 0.293 e. The number of amides is 1. The number of carbonyl (C=O) groups excluding carboxylic acids is 2. The summed E-state index contributed by atoms with van der Waals surface area (Å²) in [5, 5.41) is 1.80. The zero-order valence-electron chi connectivity index (χ0n) is 8.94. The van der Waals surface area contributed by atoms with E-state index in [0.29, 0.717) is 11.1 Å². The summed E-state index contributed by atoms with van der Waals surface area (Å²) in [4.78, 5) is 21.6. The Kier molecular flexibility index (Phi) is 2.89. The van der Waals surface area contributed by atoms with E-state index in [-0.39, 0.29) is 0 Å². The summed E-state index contributed by atoms with van der Waals surface area (Å²) >= 11 is 0. The van der Waals surface area contributed by atoms with Gasteiger partial charge in [-0.3, -0.25) is 9.59 Å². The Hall–Kier alpha value is -2.60. The average Bonchev–Trinajstić information content (AvgIpc) is 2.35. The number of fused-ring (bicyclic) bond motifs is 1. The lowest BCUT2D eigenvalue weighted by molar-refractivity contribution is -0.112. The van der Waals surface area contributed by atoms with Crippen molar-refractivity contribution in [3.05, 3.63) is 47.5 Å². The van der Waals surface area contributed by atoms with Gasteiger partial charge in [0.05, 0.1) is 0 Å². The number of carbonyl (C=O) groups is 2. The number of hydrogen-bond acceptors (Lipinski definition) is 2. The predicted molar refractivity (Wildman–Crippen MR) is 65.4 cm³/mol. The number of aldehydes is 1. The summed E-state index contributed by atoms with van der Waals surface area (Å²) in [5.74, 6) is 4.20. The van der Waals surface area contributed by atoms with Gasteiger partial charge in [0.15, 0.2) is 6.29 Å². The Morgan fingerprint density at radius 1 is 1.18 bits per heavy atom. The summed E-state index contributed by atoms with van der Waals surface area (Å²) in [6, 6.07) is 11.0. The topological polar surface area (TPSA) is 60.2 Å². The van der Waals surface area contributed by atoms with E-state index in [1.165, 1.54) is 0 Å². The molecule has 2 aromatic rings. The van der Waals surface area contributed by atoms with Gasteiger partial charge in [-0.1, -0.05) is 36.3 Å². The van der Waals surface area contributed by atoms with Gasteiger partial charge in [0.25, 0.3) is 5.91 Å². The minimum Gasteiger partial charge on any atom is -0.359 e. The third kappa shape index (κ3) is 2.16. The lowest BCUT2D eigenvalue weighted by Crippen LogP contribution is -2.06. The van der Waals surface area contributed by atoms with Gasteiger partial charge in [-0.15, -0.1) is 0 Å². The molecule has 0 spiro atoms. The van der Waals surface area contributed by atoms with Crippen LogP contribution in [0.15, 0.2) is 36.4 Å². The normalized spacial score (nSPS) is 9.41. The quantitative estimate of drug-likeness (QED) is 0.588. The van der Waals surface area contributed by atoms with Gasteiger partial charge in [0.1, 0.15) is 0 Å². The molecular formula is C14H9NO2. The molecule has 2 aromatic carbocycles. The number of primary amides is 1. The number of hydrogen-bond donors (Lipinski definition) is 1. The first kappa shape index (κ1) is 10.9. The van der Waals surface area contributed by atoms with Gasteiger partial charge in [-0.2, -0.15) is 0 Å². The molecular weight excluding hydrogens is 214 g/mol. The van der Waals surface area contributed by atoms with E-state index in [1.54, 1.807) is 6.07 Å². The van der Waals surface area contributed by atoms with Crippen molar-refractivity contribution in [3.63, 3.8) is 0 Å². The monoisotopic (exact) mass is 223 g/mol. The van der Waals surface area contributed by atoms with Crippen molar-refractivity contribution in [1.29, 1.82) is 0 Å². The van der Waals surface area contributed by atoms with E-state index in [9.17, 15) is 9.59 Å². The molecule has 0 unspecified atom stereocenters. The second kappa shape index (κ2) is 4.50. The molecule has 0 atom stereocenters. The highest BCUT2D eigenvalue weighted by Gasteiger charge is 2.04. The molecule has 3 heteroatoms. The highest BCUT2D eigenvalue weighted by Crippen LogP contribution is 2.20. The van der Waals surface area contributed by atoms with Crippen LogP contribution in [-0.2, 0) is 4.79 Å². The van der Waals surface area contributed by atoms with Gasteiger partial charge >= 0.3 is 0 Å². The van der Waals surface area contributed by atoms with Crippen LogP contribution in [0.2, 0.25) is 0 Å². The Morgan fingerprint density at radius 3 is 2.65 bits per heavy atom. The maximum Gasteiger partial charge on any atom is 0.293 e. The first-order valence-corrected chi connectivity index (χ1v) is 5.01. The van der Waals surface area contributed by atoms with E-state index < -0.39 is 5.91 Å². The van der Waals surface area contributed by atoms with Crippen molar-refractivity contribution in [2.24, 2.45) is 5.73 Å². The summed E-state index contributed by atoms with van der Waals surface area (Å²) in [6.07, 6.45) is 0.720. The second-order valence-corrected chi connectivity index (χ2v) is 3.48. The minimum absolute atomic E-state index is 0.456. The summed E-state index contributed by atoms with van der Waals surface area (Å²) < 4.78 is 0. The van der Waals surface area contributed by atoms with Crippen LogP contribution in [-0.4, -0.2) is 12.2 Å². The molecule has 0 radical (unpaired) electrons. The van der Waals surface area contributed by atoms with Gasteiger partial charge in [-0.05, 0) is 16.8 Å². The summed E-state index contributed by atoms with van der Waals surface area (Å²) in [7, 11) is 0. The predicted octanol–water partition coefficient (Wildman–Crippen LogP) is 1.49. The van der Waals surface area contributed by atoms with Gasteiger partial charge in [0.2, 0.25) is 0 Å². The first-order chi connectivity index (χ1) is 8.22. The summed E-state index contributed by atoms with van der Waals surface area (Å²) in [5.41, 5.74) is 5.97. The Balaban J connectivity index is 2.77. The fourth-order valence-corrected chi connectivity index (χ4v) is 1.65. The van der Waals surface area contributed by atoms with E-state index in [1.807, 2.05) is 30.3 Å². The molecule has 2 N–H and O–H groups in total. The SMILES string of the molecule is NC(=O)C#Cc1c(C=O)ccc2ccccc12. The van der Waals surface area contributed by atoms with E-state index in [4.69, 9.17) is 5.73 Å².